The monoisotopic (exact) mass is 265 g/mol. The van der Waals surface area contributed by atoms with Crippen LogP contribution in [0.4, 0.5) is 4.39 Å². The number of methoxy groups -OCH3 is 1. The maximum Gasteiger partial charge on any atom is 0.257 e. The second kappa shape index (κ2) is 6.04. The molecule has 0 radical (unpaired) electrons. The molecule has 1 aromatic carbocycles. The van der Waals surface area contributed by atoms with Crippen LogP contribution in [0.25, 0.3) is 0 Å². The van der Waals surface area contributed by atoms with Crippen molar-refractivity contribution < 1.29 is 13.9 Å². The molecule has 0 heterocycles. The molecule has 0 unspecified atom stereocenters. The second-order valence-corrected chi connectivity index (χ2v) is 4.87. The van der Waals surface area contributed by atoms with Gasteiger partial charge in [0, 0.05) is 12.6 Å². The van der Waals surface area contributed by atoms with Gasteiger partial charge in [0.15, 0.2) is 0 Å². The quantitative estimate of drug-likeness (QED) is 0.836. The number of rotatable bonds is 4. The number of carbonyl (C=O) groups is 1. The van der Waals surface area contributed by atoms with Gasteiger partial charge in [-0.05, 0) is 38.0 Å². The number of halogens is 1. The molecule has 1 saturated carbocycles. The molecule has 19 heavy (non-hydrogen) atoms. The lowest BCUT2D eigenvalue weighted by atomic mass is 10.1. The van der Waals surface area contributed by atoms with Crippen LogP contribution in [-0.4, -0.2) is 30.5 Å². The molecule has 0 aromatic heterocycles. The largest absolute Gasteiger partial charge is 0.496 e. The Labute approximate surface area is 113 Å². The molecule has 2 rings (SSSR count). The third kappa shape index (κ3) is 2.88. The first-order chi connectivity index (χ1) is 9.17. The Kier molecular flexibility index (Phi) is 4.40. The molecule has 0 saturated heterocycles. The molecule has 0 atom stereocenters. The van der Waals surface area contributed by atoms with Crippen molar-refractivity contribution in [2.75, 3.05) is 13.7 Å². The summed E-state index contributed by atoms with van der Waals surface area (Å²) in [6, 6.07) is 4.36. The molecule has 104 valence electrons. The van der Waals surface area contributed by atoms with E-state index >= 15 is 0 Å². The van der Waals surface area contributed by atoms with Gasteiger partial charge in [-0.25, -0.2) is 4.39 Å². The average Bonchev–Trinajstić information content (AvgIpc) is 2.93. The summed E-state index contributed by atoms with van der Waals surface area (Å²) in [5.74, 6) is -0.111. The number of hydrogen-bond donors (Lipinski definition) is 0. The zero-order valence-electron chi connectivity index (χ0n) is 11.5. The Morgan fingerprint density at radius 1 is 1.42 bits per heavy atom. The molecule has 0 N–H and O–H groups in total. The van der Waals surface area contributed by atoms with Crippen LogP contribution >= 0.6 is 0 Å². The van der Waals surface area contributed by atoms with Crippen LogP contribution in [0.2, 0.25) is 0 Å². The van der Waals surface area contributed by atoms with Crippen molar-refractivity contribution in [2.45, 2.75) is 38.6 Å². The molecule has 1 aliphatic carbocycles. The van der Waals surface area contributed by atoms with Crippen LogP contribution in [0.15, 0.2) is 18.2 Å². The lowest BCUT2D eigenvalue weighted by Crippen LogP contribution is -2.38. The fraction of sp³-hybridized carbons (Fsp3) is 0.533. The Bertz CT molecular complexity index is 455. The van der Waals surface area contributed by atoms with Gasteiger partial charge in [-0.15, -0.1) is 0 Å². The summed E-state index contributed by atoms with van der Waals surface area (Å²) in [6.07, 6.45) is 4.40. The van der Waals surface area contributed by atoms with Gasteiger partial charge >= 0.3 is 0 Å². The summed E-state index contributed by atoms with van der Waals surface area (Å²) in [4.78, 5) is 14.4. The predicted octanol–water partition coefficient (Wildman–Crippen LogP) is 3.24. The van der Waals surface area contributed by atoms with Crippen molar-refractivity contribution in [3.8, 4) is 5.75 Å². The predicted molar refractivity (Wildman–Crippen MR) is 71.9 cm³/mol. The number of ether oxygens (including phenoxy) is 1. The highest BCUT2D eigenvalue weighted by atomic mass is 19.1. The molecule has 1 aromatic rings. The van der Waals surface area contributed by atoms with Crippen LogP contribution < -0.4 is 4.74 Å². The van der Waals surface area contributed by atoms with Gasteiger partial charge in [-0.3, -0.25) is 4.79 Å². The molecule has 3 nitrogen and oxygen atoms in total. The molecule has 1 amide bonds. The molecule has 1 fully saturated rings. The number of carbonyl (C=O) groups excluding carboxylic acids is 1. The third-order valence-electron chi connectivity index (χ3n) is 3.76. The van der Waals surface area contributed by atoms with Gasteiger partial charge in [0.1, 0.15) is 11.6 Å². The van der Waals surface area contributed by atoms with E-state index in [1.54, 1.807) is 0 Å². The van der Waals surface area contributed by atoms with E-state index in [0.29, 0.717) is 17.9 Å². The Morgan fingerprint density at radius 2 is 2.11 bits per heavy atom. The van der Waals surface area contributed by atoms with Crippen LogP contribution in [0.3, 0.4) is 0 Å². The van der Waals surface area contributed by atoms with Crippen LogP contribution in [0, 0.1) is 5.82 Å². The van der Waals surface area contributed by atoms with Gasteiger partial charge in [-0.2, -0.15) is 0 Å². The van der Waals surface area contributed by atoms with E-state index in [-0.39, 0.29) is 11.9 Å². The fourth-order valence-electron chi connectivity index (χ4n) is 2.79. The molecule has 4 heteroatoms. The highest BCUT2D eigenvalue weighted by Gasteiger charge is 2.27. The Morgan fingerprint density at radius 3 is 2.68 bits per heavy atom. The van der Waals surface area contributed by atoms with Crippen LogP contribution in [0.1, 0.15) is 43.0 Å². The zero-order valence-corrected chi connectivity index (χ0v) is 11.5. The average molecular weight is 265 g/mol. The zero-order chi connectivity index (χ0) is 13.8. The lowest BCUT2D eigenvalue weighted by molar-refractivity contribution is 0.0689. The standard InChI is InChI=1S/C15H20FNO2/c1-3-17(12-6-4-5-7-12)15(18)13-10-11(16)8-9-14(13)19-2/h8-10,12H,3-7H2,1-2H3. The molecule has 0 aliphatic heterocycles. The van der Waals surface area contributed by atoms with E-state index in [4.69, 9.17) is 4.74 Å². The van der Waals surface area contributed by atoms with E-state index in [1.807, 2.05) is 11.8 Å². The maximum absolute atomic E-state index is 13.4. The molecule has 0 bridgehead atoms. The number of amides is 1. The highest BCUT2D eigenvalue weighted by Crippen LogP contribution is 2.27. The van der Waals surface area contributed by atoms with E-state index in [0.717, 1.165) is 25.7 Å². The fourth-order valence-corrected chi connectivity index (χ4v) is 2.79. The summed E-state index contributed by atoms with van der Waals surface area (Å²) in [6.45, 7) is 2.60. The van der Waals surface area contributed by atoms with Crippen LogP contribution in [0.5, 0.6) is 5.75 Å². The first-order valence-electron chi connectivity index (χ1n) is 6.82. The second-order valence-electron chi connectivity index (χ2n) is 4.87. The number of benzene rings is 1. The third-order valence-corrected chi connectivity index (χ3v) is 3.76. The maximum atomic E-state index is 13.4. The minimum atomic E-state index is -0.411. The van der Waals surface area contributed by atoms with E-state index < -0.39 is 5.82 Å². The topological polar surface area (TPSA) is 29.5 Å². The number of hydrogen-bond acceptors (Lipinski definition) is 2. The van der Waals surface area contributed by atoms with Gasteiger partial charge < -0.3 is 9.64 Å². The van der Waals surface area contributed by atoms with Crippen molar-refractivity contribution in [2.24, 2.45) is 0 Å². The van der Waals surface area contributed by atoms with Gasteiger partial charge in [0.05, 0.1) is 12.7 Å². The lowest BCUT2D eigenvalue weighted by Gasteiger charge is -2.28. The van der Waals surface area contributed by atoms with Crippen molar-refractivity contribution in [3.63, 3.8) is 0 Å². The summed E-state index contributed by atoms with van der Waals surface area (Å²) >= 11 is 0. The molecule has 1 aliphatic rings. The minimum absolute atomic E-state index is 0.134. The van der Waals surface area contributed by atoms with E-state index in [1.165, 1.54) is 25.3 Å². The molecule has 0 spiro atoms. The van der Waals surface area contributed by atoms with Gasteiger partial charge in [-0.1, -0.05) is 12.8 Å². The van der Waals surface area contributed by atoms with E-state index in [9.17, 15) is 9.18 Å². The Hall–Kier alpha value is -1.58. The van der Waals surface area contributed by atoms with E-state index in [2.05, 4.69) is 0 Å². The highest BCUT2D eigenvalue weighted by molar-refractivity contribution is 5.97. The van der Waals surface area contributed by atoms with Crippen molar-refractivity contribution in [1.82, 2.24) is 4.90 Å². The van der Waals surface area contributed by atoms with Crippen LogP contribution in [-0.2, 0) is 0 Å². The summed E-state index contributed by atoms with van der Waals surface area (Å²) in [7, 11) is 1.50. The van der Waals surface area contributed by atoms with Gasteiger partial charge in [0.25, 0.3) is 5.91 Å². The smallest absolute Gasteiger partial charge is 0.257 e. The Balaban J connectivity index is 2.28. The SMILES string of the molecule is CCN(C(=O)c1cc(F)ccc1OC)C1CCCC1. The summed E-state index contributed by atoms with van der Waals surface area (Å²) in [5, 5.41) is 0. The van der Waals surface area contributed by atoms with Gasteiger partial charge in [0.2, 0.25) is 0 Å². The van der Waals surface area contributed by atoms with Crippen molar-refractivity contribution in [1.29, 1.82) is 0 Å². The first-order valence-corrected chi connectivity index (χ1v) is 6.82. The molecular formula is C15H20FNO2. The first kappa shape index (κ1) is 13.8. The van der Waals surface area contributed by atoms with Crippen molar-refractivity contribution in [3.05, 3.63) is 29.6 Å². The molecular weight excluding hydrogens is 245 g/mol. The summed E-state index contributed by atoms with van der Waals surface area (Å²) < 4.78 is 18.5. The summed E-state index contributed by atoms with van der Waals surface area (Å²) in [5.41, 5.74) is 0.316. The van der Waals surface area contributed by atoms with Crippen molar-refractivity contribution >= 4 is 5.91 Å². The number of nitrogens with zero attached hydrogens (tertiary/aromatic N) is 1. The normalized spacial score (nSPS) is 15.5. The minimum Gasteiger partial charge on any atom is -0.496 e.